The van der Waals surface area contributed by atoms with Crippen molar-refractivity contribution in [3.63, 3.8) is 0 Å². The molecule has 1 aromatic carbocycles. The van der Waals surface area contributed by atoms with Crippen LogP contribution in [0.2, 0.25) is 0 Å². The van der Waals surface area contributed by atoms with Crippen LogP contribution in [-0.4, -0.2) is 58.0 Å². The van der Waals surface area contributed by atoms with Gasteiger partial charge in [0.15, 0.2) is 5.82 Å². The van der Waals surface area contributed by atoms with Gasteiger partial charge in [0.1, 0.15) is 0 Å². The molecule has 32 heavy (non-hydrogen) atoms. The number of anilines is 3. The van der Waals surface area contributed by atoms with E-state index in [2.05, 4.69) is 35.9 Å². The van der Waals surface area contributed by atoms with Gasteiger partial charge < -0.3 is 20.3 Å². The van der Waals surface area contributed by atoms with Crippen molar-refractivity contribution in [1.29, 1.82) is 0 Å². The maximum atomic E-state index is 12.4. The Morgan fingerprint density at radius 1 is 1.19 bits per heavy atom. The second-order valence-electron chi connectivity index (χ2n) is 7.22. The van der Waals surface area contributed by atoms with Crippen molar-refractivity contribution in [2.45, 2.75) is 25.8 Å². The molecule has 0 saturated carbocycles. The number of carbonyl (C=O) groups excluding carboxylic acids is 2. The number of hydrogen-bond donors (Lipinski definition) is 2. The van der Waals surface area contributed by atoms with Crippen LogP contribution in [0.25, 0.3) is 0 Å². The second-order valence-corrected chi connectivity index (χ2v) is 8.19. The number of rotatable bonds is 8. The first kappa shape index (κ1) is 21.6. The Hall–Kier alpha value is -3.60. The number of nitrogens with one attached hydrogen (secondary N) is 2. The number of carbonyl (C=O) groups is 2. The minimum atomic E-state index is -0.403. The molecule has 1 aliphatic rings. The van der Waals surface area contributed by atoms with Gasteiger partial charge in [-0.2, -0.15) is 5.10 Å². The summed E-state index contributed by atoms with van der Waals surface area (Å²) in [5, 5.41) is 23.5. The number of esters is 1. The Balaban J connectivity index is 1.28. The molecule has 166 valence electrons. The van der Waals surface area contributed by atoms with E-state index in [9.17, 15) is 9.59 Å². The summed E-state index contributed by atoms with van der Waals surface area (Å²) in [6.45, 7) is 3.72. The van der Waals surface area contributed by atoms with Gasteiger partial charge in [-0.15, -0.1) is 15.3 Å². The van der Waals surface area contributed by atoms with Crippen LogP contribution < -0.4 is 15.5 Å². The molecule has 0 unspecified atom stereocenters. The largest absolute Gasteiger partial charge is 0.462 e. The molecule has 3 heterocycles. The van der Waals surface area contributed by atoms with Gasteiger partial charge in [0.2, 0.25) is 16.2 Å². The fourth-order valence-electron chi connectivity index (χ4n) is 3.43. The van der Waals surface area contributed by atoms with Crippen molar-refractivity contribution < 1.29 is 14.3 Å². The summed E-state index contributed by atoms with van der Waals surface area (Å²) in [6.07, 6.45) is 2.71. The number of amides is 1. The monoisotopic (exact) mass is 453 g/mol. The zero-order valence-electron chi connectivity index (χ0n) is 17.5. The van der Waals surface area contributed by atoms with Gasteiger partial charge in [-0.25, -0.2) is 4.79 Å². The molecule has 0 spiro atoms. The normalized spacial score (nSPS) is 15.4. The molecule has 1 aliphatic heterocycles. The average Bonchev–Trinajstić information content (AvgIpc) is 3.44. The van der Waals surface area contributed by atoms with Crippen molar-refractivity contribution >= 4 is 39.3 Å². The second kappa shape index (κ2) is 10.1. The van der Waals surface area contributed by atoms with Gasteiger partial charge in [-0.3, -0.25) is 4.79 Å². The maximum absolute atomic E-state index is 12.4. The topological polar surface area (TPSA) is 122 Å². The van der Waals surface area contributed by atoms with Gasteiger partial charge in [0.05, 0.1) is 18.6 Å². The Kier molecular flexibility index (Phi) is 6.85. The van der Waals surface area contributed by atoms with E-state index in [0.717, 1.165) is 25.3 Å². The smallest absolute Gasteiger partial charge is 0.338 e. The van der Waals surface area contributed by atoms with E-state index >= 15 is 0 Å². The lowest BCUT2D eigenvalue weighted by atomic mass is 10.1. The van der Waals surface area contributed by atoms with Crippen molar-refractivity contribution in [3.8, 4) is 0 Å². The Labute approximate surface area is 189 Å². The highest BCUT2D eigenvalue weighted by Gasteiger charge is 2.24. The molecule has 1 saturated heterocycles. The molecule has 3 aromatic rings. The summed E-state index contributed by atoms with van der Waals surface area (Å²) in [4.78, 5) is 26.4. The highest BCUT2D eigenvalue weighted by molar-refractivity contribution is 7.19. The molecular weight excluding hydrogens is 430 g/mol. The molecule has 1 fully saturated rings. The third-order valence-corrected chi connectivity index (χ3v) is 5.64. The standard InChI is InChI=1S/C21H23N7O3S/c1-2-31-19(30)15-6-3-5-14(11-15)12-18(29)24-21-27-26-20(32-21)23-16-8-10-28(13-16)17-7-4-9-22-25-17/h3-7,9,11,16H,2,8,10,12-13H2,1H3,(H,23,26)(H,24,27,29)/t16-/m1/s1. The Morgan fingerprint density at radius 3 is 2.88 bits per heavy atom. The molecule has 1 amide bonds. The van der Waals surface area contributed by atoms with Crippen LogP contribution in [0.4, 0.5) is 16.1 Å². The molecular formula is C21H23N7O3S. The lowest BCUT2D eigenvalue weighted by Gasteiger charge is -2.16. The molecule has 4 rings (SSSR count). The number of aromatic nitrogens is 4. The van der Waals surface area contributed by atoms with E-state index in [-0.39, 0.29) is 18.4 Å². The number of ether oxygens (including phenoxy) is 1. The fraction of sp³-hybridized carbons (Fsp3) is 0.333. The number of benzene rings is 1. The number of nitrogens with zero attached hydrogens (tertiary/aromatic N) is 5. The molecule has 0 bridgehead atoms. The quantitative estimate of drug-likeness (QED) is 0.495. The van der Waals surface area contributed by atoms with E-state index in [1.54, 1.807) is 37.4 Å². The van der Waals surface area contributed by atoms with Crippen LogP contribution in [0, 0.1) is 0 Å². The predicted molar refractivity (Wildman–Crippen MR) is 121 cm³/mol. The Morgan fingerprint density at radius 2 is 2.06 bits per heavy atom. The highest BCUT2D eigenvalue weighted by Crippen LogP contribution is 2.24. The van der Waals surface area contributed by atoms with E-state index in [1.807, 2.05) is 12.1 Å². The minimum Gasteiger partial charge on any atom is -0.462 e. The van der Waals surface area contributed by atoms with E-state index < -0.39 is 5.97 Å². The SMILES string of the molecule is CCOC(=O)c1cccc(CC(=O)Nc2nnc(N[C@@H]3CCN(c4cccnn4)C3)s2)c1. The lowest BCUT2D eigenvalue weighted by Crippen LogP contribution is -2.26. The van der Waals surface area contributed by atoms with Crippen molar-refractivity contribution in [3.05, 3.63) is 53.7 Å². The first-order valence-electron chi connectivity index (χ1n) is 10.3. The zero-order chi connectivity index (χ0) is 22.3. The average molecular weight is 454 g/mol. The third-order valence-electron chi connectivity index (χ3n) is 4.87. The highest BCUT2D eigenvalue weighted by atomic mass is 32.1. The minimum absolute atomic E-state index is 0.116. The molecule has 10 nitrogen and oxygen atoms in total. The van der Waals surface area contributed by atoms with E-state index in [1.165, 1.54) is 11.3 Å². The van der Waals surface area contributed by atoms with Gasteiger partial charge in [-0.1, -0.05) is 23.5 Å². The van der Waals surface area contributed by atoms with Crippen molar-refractivity contribution in [2.75, 3.05) is 35.2 Å². The van der Waals surface area contributed by atoms with Crippen LogP contribution in [0.15, 0.2) is 42.6 Å². The summed E-state index contributed by atoms with van der Waals surface area (Å²) < 4.78 is 5.00. The predicted octanol–water partition coefficient (Wildman–Crippen LogP) is 2.38. The summed E-state index contributed by atoms with van der Waals surface area (Å²) in [5.74, 6) is 0.219. The molecule has 0 aliphatic carbocycles. The van der Waals surface area contributed by atoms with Crippen LogP contribution in [0.1, 0.15) is 29.3 Å². The van der Waals surface area contributed by atoms with Crippen LogP contribution in [0.3, 0.4) is 0 Å². The summed E-state index contributed by atoms with van der Waals surface area (Å²) in [7, 11) is 0. The molecule has 2 aromatic heterocycles. The van der Waals surface area contributed by atoms with Crippen LogP contribution in [-0.2, 0) is 16.0 Å². The fourth-order valence-corrected chi connectivity index (χ4v) is 4.16. The van der Waals surface area contributed by atoms with E-state index in [4.69, 9.17) is 4.74 Å². The van der Waals surface area contributed by atoms with Gasteiger partial charge in [0, 0.05) is 25.3 Å². The van der Waals surface area contributed by atoms with Crippen molar-refractivity contribution in [1.82, 2.24) is 20.4 Å². The third kappa shape index (κ3) is 5.55. The Bertz CT molecular complexity index is 1080. The van der Waals surface area contributed by atoms with Gasteiger partial charge in [-0.05, 0) is 43.2 Å². The maximum Gasteiger partial charge on any atom is 0.338 e. The molecule has 0 radical (unpaired) electrons. The van der Waals surface area contributed by atoms with Gasteiger partial charge in [0.25, 0.3) is 0 Å². The summed E-state index contributed by atoms with van der Waals surface area (Å²) in [5.41, 5.74) is 1.14. The lowest BCUT2D eigenvalue weighted by molar-refractivity contribution is -0.115. The van der Waals surface area contributed by atoms with Crippen molar-refractivity contribution in [2.24, 2.45) is 0 Å². The molecule has 11 heteroatoms. The first-order chi connectivity index (χ1) is 15.6. The molecule has 2 N–H and O–H groups in total. The van der Waals surface area contributed by atoms with Gasteiger partial charge >= 0.3 is 5.97 Å². The molecule has 1 atom stereocenters. The summed E-state index contributed by atoms with van der Waals surface area (Å²) >= 11 is 1.28. The zero-order valence-corrected chi connectivity index (χ0v) is 18.3. The van der Waals surface area contributed by atoms with Crippen LogP contribution in [0.5, 0.6) is 0 Å². The first-order valence-corrected chi connectivity index (χ1v) is 11.1. The van der Waals surface area contributed by atoms with E-state index in [0.29, 0.717) is 28.0 Å². The number of hydrogen-bond acceptors (Lipinski definition) is 10. The summed E-state index contributed by atoms with van der Waals surface area (Å²) in [6, 6.07) is 10.9. The van der Waals surface area contributed by atoms with Crippen LogP contribution >= 0.6 is 11.3 Å².